The van der Waals surface area contributed by atoms with E-state index in [1.165, 1.54) is 0 Å². The second-order valence-electron chi connectivity index (χ2n) is 9.37. The molecule has 0 unspecified atom stereocenters. The molecule has 194 valence electrons. The quantitative estimate of drug-likeness (QED) is 0.255. The molecule has 0 saturated carbocycles. The number of esters is 1. The Bertz CT molecular complexity index is 1420. The number of ketones is 1. The van der Waals surface area contributed by atoms with Crippen molar-refractivity contribution in [2.45, 2.75) is 31.6 Å². The van der Waals surface area contributed by atoms with Crippen LogP contribution in [0.2, 0.25) is 10.0 Å². The smallest absolute Gasteiger partial charge is 0.336 e. The zero-order valence-electron chi connectivity index (χ0n) is 20.9. The summed E-state index contributed by atoms with van der Waals surface area (Å²) < 4.78 is 11.3. The Kier molecular flexibility index (Phi) is 7.87. The van der Waals surface area contributed by atoms with Gasteiger partial charge in [-0.25, -0.2) is 4.79 Å². The van der Waals surface area contributed by atoms with Gasteiger partial charge in [-0.05, 0) is 48.6 Å². The minimum atomic E-state index is -0.691. The summed E-state index contributed by atoms with van der Waals surface area (Å²) in [6.07, 6.45) is 0.982. The molecule has 0 aromatic heterocycles. The van der Waals surface area contributed by atoms with Crippen LogP contribution in [0.5, 0.6) is 5.75 Å². The molecule has 1 aliphatic heterocycles. The number of dihydropyridines is 1. The Morgan fingerprint density at radius 2 is 1.63 bits per heavy atom. The summed E-state index contributed by atoms with van der Waals surface area (Å²) in [6, 6.07) is 24.6. The van der Waals surface area contributed by atoms with Crippen molar-refractivity contribution in [2.24, 2.45) is 0 Å². The number of halogens is 2. The number of carbonyl (C=O) groups is 2. The van der Waals surface area contributed by atoms with Crippen molar-refractivity contribution in [2.75, 3.05) is 13.2 Å². The number of Topliss-reactive ketones (excluding diaryl/α,β-unsaturated/α-hetero) is 1. The van der Waals surface area contributed by atoms with Gasteiger partial charge in [0.2, 0.25) is 0 Å². The summed E-state index contributed by atoms with van der Waals surface area (Å²) in [5.41, 5.74) is 4.03. The van der Waals surface area contributed by atoms with Gasteiger partial charge in [-0.1, -0.05) is 83.9 Å². The van der Waals surface area contributed by atoms with E-state index in [9.17, 15) is 9.59 Å². The van der Waals surface area contributed by atoms with Crippen LogP contribution in [0.15, 0.2) is 101 Å². The molecule has 1 aliphatic carbocycles. The summed E-state index contributed by atoms with van der Waals surface area (Å²) in [5, 5.41) is 4.03. The fourth-order valence-corrected chi connectivity index (χ4v) is 5.63. The molecule has 7 heteroatoms. The fourth-order valence-electron chi connectivity index (χ4n) is 5.21. The first kappa shape index (κ1) is 26.1. The maximum atomic E-state index is 13.7. The number of benzene rings is 3. The van der Waals surface area contributed by atoms with E-state index in [0.29, 0.717) is 51.0 Å². The largest absolute Gasteiger partial charge is 0.490 e. The summed E-state index contributed by atoms with van der Waals surface area (Å²) in [5.74, 6) is -0.514. The summed E-state index contributed by atoms with van der Waals surface area (Å²) in [4.78, 5) is 27.2. The zero-order valence-corrected chi connectivity index (χ0v) is 22.4. The van der Waals surface area contributed by atoms with Crippen LogP contribution in [0.25, 0.3) is 0 Å². The second-order valence-corrected chi connectivity index (χ2v) is 10.2. The van der Waals surface area contributed by atoms with Gasteiger partial charge in [0.05, 0.1) is 15.6 Å². The molecule has 3 aromatic rings. The number of allylic oxidation sites excluding steroid dienone is 3. The molecule has 2 atom stereocenters. The van der Waals surface area contributed by atoms with Crippen LogP contribution in [0.3, 0.4) is 0 Å². The van der Waals surface area contributed by atoms with E-state index in [1.807, 2.05) is 73.7 Å². The monoisotopic (exact) mass is 547 g/mol. The maximum absolute atomic E-state index is 13.7. The molecule has 2 aliphatic rings. The van der Waals surface area contributed by atoms with Crippen molar-refractivity contribution in [3.8, 4) is 5.75 Å². The Morgan fingerprint density at radius 3 is 2.37 bits per heavy atom. The highest BCUT2D eigenvalue weighted by Gasteiger charge is 2.42. The van der Waals surface area contributed by atoms with Crippen LogP contribution in [0.1, 0.15) is 42.7 Å². The van der Waals surface area contributed by atoms with Gasteiger partial charge in [-0.2, -0.15) is 0 Å². The first-order valence-corrected chi connectivity index (χ1v) is 13.3. The predicted octanol–water partition coefficient (Wildman–Crippen LogP) is 6.98. The topological polar surface area (TPSA) is 64.6 Å². The number of para-hydroxylation sites is 1. The maximum Gasteiger partial charge on any atom is 0.336 e. The Hall–Kier alpha value is -3.54. The average molecular weight is 548 g/mol. The van der Waals surface area contributed by atoms with Crippen LogP contribution < -0.4 is 10.1 Å². The molecule has 0 bridgehead atoms. The van der Waals surface area contributed by atoms with Crippen LogP contribution in [0, 0.1) is 0 Å². The number of nitrogens with one attached hydrogen (secondary N) is 1. The van der Waals surface area contributed by atoms with Gasteiger partial charge in [-0.15, -0.1) is 0 Å². The number of carbonyl (C=O) groups excluding carboxylic acids is 2. The molecule has 5 rings (SSSR count). The van der Waals surface area contributed by atoms with E-state index in [1.54, 1.807) is 12.1 Å². The Balaban J connectivity index is 1.45. The number of hydrogen-bond acceptors (Lipinski definition) is 5. The van der Waals surface area contributed by atoms with Crippen molar-refractivity contribution >= 4 is 35.0 Å². The van der Waals surface area contributed by atoms with E-state index in [4.69, 9.17) is 32.7 Å². The van der Waals surface area contributed by atoms with Crippen LogP contribution >= 0.6 is 23.2 Å². The zero-order chi connectivity index (χ0) is 26.6. The third-order valence-corrected chi connectivity index (χ3v) is 7.77. The highest BCUT2D eigenvalue weighted by atomic mass is 35.5. The number of rotatable bonds is 7. The summed E-state index contributed by atoms with van der Waals surface area (Å²) in [6.45, 7) is 2.07. The van der Waals surface area contributed by atoms with Gasteiger partial charge in [0.1, 0.15) is 19.0 Å². The van der Waals surface area contributed by atoms with Crippen molar-refractivity contribution in [3.63, 3.8) is 0 Å². The molecule has 1 heterocycles. The van der Waals surface area contributed by atoms with Gasteiger partial charge in [0.25, 0.3) is 0 Å². The van der Waals surface area contributed by atoms with Gasteiger partial charge < -0.3 is 14.8 Å². The third kappa shape index (κ3) is 5.35. The molecular formula is C31H27Cl2NO4. The minimum absolute atomic E-state index is 0.0288. The Labute approximate surface area is 232 Å². The first-order chi connectivity index (χ1) is 18.4. The van der Waals surface area contributed by atoms with E-state index in [0.717, 1.165) is 11.3 Å². The summed E-state index contributed by atoms with van der Waals surface area (Å²) in [7, 11) is 0. The SMILES string of the molecule is CC1=C(C(=O)OCCOc2ccccc2)[C@H](c2cccc(Cl)c2Cl)C2=C(C[C@H](c3ccccc3)CC2=O)N1. The molecule has 38 heavy (non-hydrogen) atoms. The van der Waals surface area contributed by atoms with Crippen molar-refractivity contribution in [3.05, 3.63) is 123 Å². The molecule has 3 aromatic carbocycles. The normalized spacial score (nSPS) is 19.1. The Morgan fingerprint density at radius 1 is 0.921 bits per heavy atom. The van der Waals surface area contributed by atoms with Gasteiger partial charge in [0, 0.05) is 29.3 Å². The summed E-state index contributed by atoms with van der Waals surface area (Å²) >= 11 is 13.0. The van der Waals surface area contributed by atoms with Crippen LogP contribution in [0.4, 0.5) is 0 Å². The average Bonchev–Trinajstić information content (AvgIpc) is 2.93. The van der Waals surface area contributed by atoms with E-state index >= 15 is 0 Å². The van der Waals surface area contributed by atoms with E-state index in [-0.39, 0.29) is 24.9 Å². The lowest BCUT2D eigenvalue weighted by Gasteiger charge is -2.37. The minimum Gasteiger partial charge on any atom is -0.490 e. The van der Waals surface area contributed by atoms with Gasteiger partial charge in [0.15, 0.2) is 5.78 Å². The van der Waals surface area contributed by atoms with Crippen LogP contribution in [-0.2, 0) is 14.3 Å². The van der Waals surface area contributed by atoms with E-state index in [2.05, 4.69) is 5.32 Å². The molecule has 0 saturated heterocycles. The van der Waals surface area contributed by atoms with Crippen molar-refractivity contribution < 1.29 is 19.1 Å². The highest BCUT2D eigenvalue weighted by molar-refractivity contribution is 6.42. The molecule has 5 nitrogen and oxygen atoms in total. The third-order valence-electron chi connectivity index (χ3n) is 6.94. The van der Waals surface area contributed by atoms with Crippen LogP contribution in [-0.4, -0.2) is 25.0 Å². The number of hydrogen-bond donors (Lipinski definition) is 1. The molecular weight excluding hydrogens is 521 g/mol. The molecule has 0 amide bonds. The number of ether oxygens (including phenoxy) is 2. The standard InChI is InChI=1S/C31H27Cl2NO4/c1-19-27(31(36)38-16-15-37-22-11-6-3-7-12-22)28(23-13-8-14-24(32)30(23)33)29-25(34-19)17-21(18-26(29)35)20-9-4-2-5-10-20/h2-14,21,28,34H,15-18H2,1H3/t21-,28-/m0/s1. The fraction of sp³-hybridized carbons (Fsp3) is 0.226. The first-order valence-electron chi connectivity index (χ1n) is 12.5. The molecule has 0 radical (unpaired) electrons. The molecule has 0 spiro atoms. The van der Waals surface area contributed by atoms with Gasteiger partial charge in [-0.3, -0.25) is 4.79 Å². The van der Waals surface area contributed by atoms with Crippen molar-refractivity contribution in [1.29, 1.82) is 0 Å². The second kappa shape index (κ2) is 11.5. The van der Waals surface area contributed by atoms with Crippen molar-refractivity contribution in [1.82, 2.24) is 5.32 Å². The molecule has 1 N–H and O–H groups in total. The lowest BCUT2D eigenvalue weighted by molar-refractivity contribution is -0.140. The lowest BCUT2D eigenvalue weighted by atomic mass is 9.71. The van der Waals surface area contributed by atoms with Gasteiger partial charge >= 0.3 is 5.97 Å². The lowest BCUT2D eigenvalue weighted by Crippen LogP contribution is -2.36. The predicted molar refractivity (Wildman–Crippen MR) is 148 cm³/mol. The molecule has 0 fully saturated rings. The highest BCUT2D eigenvalue weighted by Crippen LogP contribution is 2.48. The van der Waals surface area contributed by atoms with E-state index < -0.39 is 11.9 Å².